The number of ether oxygens (including phenoxy) is 1. The molecule has 1 N–H and O–H groups in total. The molecular formula is C10H22O2. The summed E-state index contributed by atoms with van der Waals surface area (Å²) >= 11 is 0. The summed E-state index contributed by atoms with van der Waals surface area (Å²) in [4.78, 5) is 0. The number of hydrogen-bond donors (Lipinski definition) is 1. The summed E-state index contributed by atoms with van der Waals surface area (Å²) in [5.74, 6) is 0. The van der Waals surface area contributed by atoms with Crippen LogP contribution in [0.1, 0.15) is 40.0 Å². The van der Waals surface area contributed by atoms with Crippen LogP contribution in [-0.2, 0) is 4.74 Å². The first kappa shape index (κ1) is 11.9. The van der Waals surface area contributed by atoms with Crippen LogP contribution in [0, 0.1) is 5.41 Å². The summed E-state index contributed by atoms with van der Waals surface area (Å²) in [6.07, 6.45) is 3.31. The van der Waals surface area contributed by atoms with Crippen LogP contribution in [0.2, 0.25) is 0 Å². The average Bonchev–Trinajstić information content (AvgIpc) is 1.96. The monoisotopic (exact) mass is 174 g/mol. The molecule has 0 rings (SSSR count). The Morgan fingerprint density at radius 3 is 2.25 bits per heavy atom. The molecule has 0 amide bonds. The Labute approximate surface area is 75.9 Å². The van der Waals surface area contributed by atoms with Gasteiger partial charge in [-0.15, -0.1) is 0 Å². The van der Waals surface area contributed by atoms with Gasteiger partial charge in [-0.2, -0.15) is 0 Å². The van der Waals surface area contributed by atoms with E-state index in [1.807, 2.05) is 0 Å². The second-order valence-corrected chi connectivity index (χ2v) is 4.49. The standard InChI is InChI=1S/C10H22O2/c1-10(2,3)7-5-6-9(8-11)12-4/h9,11H,5-8H2,1-4H3. The lowest BCUT2D eigenvalue weighted by Gasteiger charge is -2.19. The number of aliphatic hydroxyl groups is 1. The minimum Gasteiger partial charge on any atom is -0.394 e. The fourth-order valence-electron chi connectivity index (χ4n) is 1.14. The average molecular weight is 174 g/mol. The summed E-state index contributed by atoms with van der Waals surface area (Å²) in [7, 11) is 1.65. The van der Waals surface area contributed by atoms with Gasteiger partial charge in [-0.05, 0) is 18.3 Å². The van der Waals surface area contributed by atoms with Crippen LogP contribution in [0.15, 0.2) is 0 Å². The second-order valence-electron chi connectivity index (χ2n) is 4.49. The molecule has 0 aliphatic rings. The van der Waals surface area contributed by atoms with E-state index >= 15 is 0 Å². The second kappa shape index (κ2) is 5.55. The van der Waals surface area contributed by atoms with Crippen LogP contribution in [0.25, 0.3) is 0 Å². The molecule has 0 aromatic rings. The van der Waals surface area contributed by atoms with Gasteiger partial charge >= 0.3 is 0 Å². The lowest BCUT2D eigenvalue weighted by molar-refractivity contribution is 0.0399. The Hall–Kier alpha value is -0.0800. The quantitative estimate of drug-likeness (QED) is 0.692. The zero-order chi connectivity index (χ0) is 9.61. The van der Waals surface area contributed by atoms with Crippen LogP contribution in [0.5, 0.6) is 0 Å². The SMILES string of the molecule is COC(CO)CCCC(C)(C)C. The summed E-state index contributed by atoms with van der Waals surface area (Å²) in [6, 6.07) is 0. The number of methoxy groups -OCH3 is 1. The summed E-state index contributed by atoms with van der Waals surface area (Å²) in [5.41, 5.74) is 0.397. The molecule has 2 nitrogen and oxygen atoms in total. The van der Waals surface area contributed by atoms with Gasteiger partial charge in [-0.1, -0.05) is 27.2 Å². The van der Waals surface area contributed by atoms with E-state index in [4.69, 9.17) is 9.84 Å². The van der Waals surface area contributed by atoms with Gasteiger partial charge in [0, 0.05) is 7.11 Å². The maximum atomic E-state index is 8.83. The van der Waals surface area contributed by atoms with Gasteiger partial charge in [0.05, 0.1) is 12.7 Å². The maximum absolute atomic E-state index is 8.83. The Balaban J connectivity index is 3.41. The van der Waals surface area contributed by atoms with Crippen LogP contribution in [-0.4, -0.2) is 24.9 Å². The highest BCUT2D eigenvalue weighted by molar-refractivity contribution is 4.63. The van der Waals surface area contributed by atoms with Crippen molar-refractivity contribution >= 4 is 0 Å². The van der Waals surface area contributed by atoms with Crippen LogP contribution in [0.4, 0.5) is 0 Å². The van der Waals surface area contributed by atoms with E-state index in [0.29, 0.717) is 5.41 Å². The Morgan fingerprint density at radius 1 is 1.33 bits per heavy atom. The first-order valence-electron chi connectivity index (χ1n) is 4.63. The van der Waals surface area contributed by atoms with E-state index in [1.165, 1.54) is 6.42 Å². The van der Waals surface area contributed by atoms with Crippen molar-refractivity contribution in [1.29, 1.82) is 0 Å². The van der Waals surface area contributed by atoms with Gasteiger partial charge in [0.25, 0.3) is 0 Å². The fraction of sp³-hybridized carbons (Fsp3) is 1.00. The largest absolute Gasteiger partial charge is 0.394 e. The smallest absolute Gasteiger partial charge is 0.0802 e. The first-order valence-corrected chi connectivity index (χ1v) is 4.63. The van der Waals surface area contributed by atoms with Crippen molar-refractivity contribution in [1.82, 2.24) is 0 Å². The predicted molar refractivity (Wildman–Crippen MR) is 51.2 cm³/mol. The van der Waals surface area contributed by atoms with E-state index in [0.717, 1.165) is 12.8 Å². The predicted octanol–water partition coefficient (Wildman–Crippen LogP) is 2.21. The zero-order valence-corrected chi connectivity index (χ0v) is 8.76. The molecule has 0 aliphatic carbocycles. The van der Waals surface area contributed by atoms with Crippen molar-refractivity contribution in [3.05, 3.63) is 0 Å². The minimum absolute atomic E-state index is 0.0346. The molecule has 0 heterocycles. The van der Waals surface area contributed by atoms with E-state index in [1.54, 1.807) is 7.11 Å². The lowest BCUT2D eigenvalue weighted by atomic mass is 9.89. The molecule has 0 saturated carbocycles. The molecule has 0 aromatic heterocycles. The third-order valence-corrected chi connectivity index (χ3v) is 1.99. The fourth-order valence-corrected chi connectivity index (χ4v) is 1.14. The van der Waals surface area contributed by atoms with Gasteiger partial charge in [-0.3, -0.25) is 0 Å². The van der Waals surface area contributed by atoms with Crippen molar-refractivity contribution in [2.45, 2.75) is 46.1 Å². The van der Waals surface area contributed by atoms with Crippen molar-refractivity contribution in [2.24, 2.45) is 5.41 Å². The molecule has 74 valence electrons. The molecule has 0 spiro atoms. The van der Waals surface area contributed by atoms with Gasteiger partial charge in [0.2, 0.25) is 0 Å². The van der Waals surface area contributed by atoms with E-state index in [9.17, 15) is 0 Å². The highest BCUT2D eigenvalue weighted by Crippen LogP contribution is 2.22. The topological polar surface area (TPSA) is 29.5 Å². The van der Waals surface area contributed by atoms with Crippen LogP contribution < -0.4 is 0 Å². The maximum Gasteiger partial charge on any atom is 0.0802 e. The van der Waals surface area contributed by atoms with Crippen LogP contribution >= 0.6 is 0 Å². The van der Waals surface area contributed by atoms with E-state index in [2.05, 4.69) is 20.8 Å². The van der Waals surface area contributed by atoms with Crippen molar-refractivity contribution in [3.8, 4) is 0 Å². The summed E-state index contributed by atoms with van der Waals surface area (Å²) < 4.78 is 5.06. The molecule has 0 aromatic carbocycles. The molecule has 12 heavy (non-hydrogen) atoms. The van der Waals surface area contributed by atoms with Crippen molar-refractivity contribution < 1.29 is 9.84 Å². The Kier molecular flexibility index (Phi) is 5.51. The van der Waals surface area contributed by atoms with Gasteiger partial charge in [0.1, 0.15) is 0 Å². The molecule has 1 atom stereocenters. The molecule has 0 bridgehead atoms. The van der Waals surface area contributed by atoms with Gasteiger partial charge in [-0.25, -0.2) is 0 Å². The Bertz CT molecular complexity index is 101. The van der Waals surface area contributed by atoms with E-state index in [-0.39, 0.29) is 12.7 Å². The zero-order valence-electron chi connectivity index (χ0n) is 8.76. The third-order valence-electron chi connectivity index (χ3n) is 1.99. The van der Waals surface area contributed by atoms with Crippen molar-refractivity contribution in [3.63, 3.8) is 0 Å². The summed E-state index contributed by atoms with van der Waals surface area (Å²) in [5, 5.41) is 8.83. The molecule has 0 saturated heterocycles. The number of hydrogen-bond acceptors (Lipinski definition) is 2. The molecule has 1 unspecified atom stereocenters. The molecule has 0 radical (unpaired) electrons. The first-order chi connectivity index (χ1) is 5.49. The van der Waals surface area contributed by atoms with E-state index < -0.39 is 0 Å². The van der Waals surface area contributed by atoms with Crippen molar-refractivity contribution in [2.75, 3.05) is 13.7 Å². The Morgan fingerprint density at radius 2 is 1.92 bits per heavy atom. The van der Waals surface area contributed by atoms with Gasteiger partial charge in [0.15, 0.2) is 0 Å². The van der Waals surface area contributed by atoms with Crippen LogP contribution in [0.3, 0.4) is 0 Å². The lowest BCUT2D eigenvalue weighted by Crippen LogP contribution is -2.16. The van der Waals surface area contributed by atoms with Gasteiger partial charge < -0.3 is 9.84 Å². The highest BCUT2D eigenvalue weighted by Gasteiger charge is 2.11. The highest BCUT2D eigenvalue weighted by atomic mass is 16.5. The minimum atomic E-state index is 0.0346. The third kappa shape index (κ3) is 6.62. The normalized spacial score (nSPS) is 14.8. The number of rotatable bonds is 5. The number of aliphatic hydroxyl groups excluding tert-OH is 1. The summed E-state index contributed by atoms with van der Waals surface area (Å²) in [6.45, 7) is 6.83. The molecule has 2 heteroatoms. The molecule has 0 aliphatic heterocycles. The molecular weight excluding hydrogens is 152 g/mol. The molecule has 0 fully saturated rings.